The Morgan fingerprint density at radius 2 is 1.89 bits per heavy atom. The van der Waals surface area contributed by atoms with E-state index in [2.05, 4.69) is 32.9 Å². The first-order chi connectivity index (χ1) is 9.08. The van der Waals surface area contributed by atoms with Crippen LogP contribution >= 0.6 is 0 Å². The lowest BCUT2D eigenvalue weighted by Gasteiger charge is -2.34. The zero-order chi connectivity index (χ0) is 13.8. The van der Waals surface area contributed by atoms with Gasteiger partial charge in [-0.05, 0) is 42.7 Å². The highest BCUT2D eigenvalue weighted by molar-refractivity contribution is 5.79. The van der Waals surface area contributed by atoms with Crippen LogP contribution in [-0.4, -0.2) is 23.9 Å². The number of hydrogen-bond donors (Lipinski definition) is 0. The second-order valence-electron chi connectivity index (χ2n) is 6.07. The van der Waals surface area contributed by atoms with E-state index >= 15 is 0 Å². The summed E-state index contributed by atoms with van der Waals surface area (Å²) in [5, 5.41) is 0. The molecule has 1 saturated heterocycles. The maximum absolute atomic E-state index is 12.3. The summed E-state index contributed by atoms with van der Waals surface area (Å²) in [6.07, 6.45) is 2.88. The van der Waals surface area contributed by atoms with E-state index in [0.29, 0.717) is 6.42 Å². The van der Waals surface area contributed by atoms with Crippen molar-refractivity contribution >= 4 is 5.91 Å². The van der Waals surface area contributed by atoms with Gasteiger partial charge in [-0.25, -0.2) is 0 Å². The van der Waals surface area contributed by atoms with E-state index in [4.69, 9.17) is 0 Å². The summed E-state index contributed by atoms with van der Waals surface area (Å²) in [7, 11) is 0. The summed E-state index contributed by atoms with van der Waals surface area (Å²) in [6.45, 7) is 8.53. The van der Waals surface area contributed by atoms with Gasteiger partial charge < -0.3 is 4.90 Å². The highest BCUT2D eigenvalue weighted by Crippen LogP contribution is 2.24. The van der Waals surface area contributed by atoms with Gasteiger partial charge in [-0.15, -0.1) is 0 Å². The van der Waals surface area contributed by atoms with Gasteiger partial charge in [-0.2, -0.15) is 0 Å². The number of carbonyl (C=O) groups is 1. The number of amides is 1. The molecule has 0 atom stereocenters. The van der Waals surface area contributed by atoms with Crippen molar-refractivity contribution in [2.75, 3.05) is 13.1 Å². The van der Waals surface area contributed by atoms with Crippen LogP contribution in [0.15, 0.2) is 24.3 Å². The van der Waals surface area contributed by atoms with E-state index in [0.717, 1.165) is 37.8 Å². The third-order valence-corrected chi connectivity index (χ3v) is 4.44. The molecular formula is C17H25NO. The third-order valence-electron chi connectivity index (χ3n) is 4.44. The lowest BCUT2D eigenvalue weighted by molar-refractivity contribution is -0.132. The van der Waals surface area contributed by atoms with Gasteiger partial charge in [0.25, 0.3) is 0 Å². The molecule has 0 aliphatic carbocycles. The smallest absolute Gasteiger partial charge is 0.226 e. The van der Waals surface area contributed by atoms with Crippen molar-refractivity contribution in [2.45, 2.75) is 40.0 Å². The van der Waals surface area contributed by atoms with Gasteiger partial charge >= 0.3 is 0 Å². The Morgan fingerprint density at radius 3 is 2.47 bits per heavy atom. The minimum atomic E-state index is 0.288. The van der Waals surface area contributed by atoms with Crippen molar-refractivity contribution in [2.24, 2.45) is 11.8 Å². The van der Waals surface area contributed by atoms with Crippen molar-refractivity contribution in [3.05, 3.63) is 35.4 Å². The average molecular weight is 259 g/mol. The Balaban J connectivity index is 1.90. The van der Waals surface area contributed by atoms with Gasteiger partial charge in [0.05, 0.1) is 6.42 Å². The Labute approximate surface area is 116 Å². The number of benzene rings is 1. The molecule has 0 aromatic heterocycles. The normalized spacial score (nSPS) is 16.9. The first-order valence-corrected chi connectivity index (χ1v) is 7.40. The lowest BCUT2D eigenvalue weighted by Crippen LogP contribution is -2.40. The number of rotatable bonds is 3. The van der Waals surface area contributed by atoms with Crippen LogP contribution in [0.2, 0.25) is 0 Å². The highest BCUT2D eigenvalue weighted by Gasteiger charge is 2.24. The number of hydrogen-bond acceptors (Lipinski definition) is 1. The van der Waals surface area contributed by atoms with E-state index < -0.39 is 0 Å². The molecule has 1 aliphatic heterocycles. The molecule has 1 amide bonds. The first kappa shape index (κ1) is 14.1. The molecule has 19 heavy (non-hydrogen) atoms. The van der Waals surface area contributed by atoms with Crippen LogP contribution in [0.4, 0.5) is 0 Å². The minimum absolute atomic E-state index is 0.288. The van der Waals surface area contributed by atoms with Crippen molar-refractivity contribution in [1.82, 2.24) is 4.90 Å². The predicted molar refractivity (Wildman–Crippen MR) is 79.0 cm³/mol. The van der Waals surface area contributed by atoms with Crippen LogP contribution in [-0.2, 0) is 11.2 Å². The molecule has 0 radical (unpaired) electrons. The van der Waals surface area contributed by atoms with Gasteiger partial charge in [0.1, 0.15) is 0 Å². The van der Waals surface area contributed by atoms with Crippen molar-refractivity contribution in [1.29, 1.82) is 0 Å². The topological polar surface area (TPSA) is 20.3 Å². The monoisotopic (exact) mass is 259 g/mol. The molecule has 1 heterocycles. The maximum atomic E-state index is 12.3. The quantitative estimate of drug-likeness (QED) is 0.814. The first-order valence-electron chi connectivity index (χ1n) is 7.40. The number of aryl methyl sites for hydroxylation is 1. The second-order valence-corrected chi connectivity index (χ2v) is 6.07. The van der Waals surface area contributed by atoms with Gasteiger partial charge in [0, 0.05) is 13.1 Å². The molecule has 0 bridgehead atoms. The lowest BCUT2D eigenvalue weighted by atomic mass is 9.86. The zero-order valence-electron chi connectivity index (χ0n) is 12.4. The molecule has 0 unspecified atom stereocenters. The van der Waals surface area contributed by atoms with Gasteiger partial charge in [0.2, 0.25) is 5.91 Å². The van der Waals surface area contributed by atoms with E-state index in [1.54, 1.807) is 0 Å². The fourth-order valence-corrected chi connectivity index (χ4v) is 2.90. The zero-order valence-corrected chi connectivity index (χ0v) is 12.4. The Hall–Kier alpha value is -1.31. The van der Waals surface area contributed by atoms with Gasteiger partial charge in [-0.3, -0.25) is 4.79 Å². The molecule has 1 aromatic rings. The van der Waals surface area contributed by atoms with Crippen LogP contribution in [0, 0.1) is 18.8 Å². The van der Waals surface area contributed by atoms with E-state index in [1.165, 1.54) is 11.1 Å². The van der Waals surface area contributed by atoms with Crippen molar-refractivity contribution in [3.8, 4) is 0 Å². The van der Waals surface area contributed by atoms with Crippen LogP contribution < -0.4 is 0 Å². The Bertz CT molecular complexity index is 431. The van der Waals surface area contributed by atoms with Crippen LogP contribution in [0.25, 0.3) is 0 Å². The average Bonchev–Trinajstić information content (AvgIpc) is 2.41. The fourth-order valence-electron chi connectivity index (χ4n) is 2.90. The SMILES string of the molecule is Cc1ccccc1CC(=O)N1CCC(C(C)C)CC1. The summed E-state index contributed by atoms with van der Waals surface area (Å²) < 4.78 is 0. The molecule has 0 saturated carbocycles. The maximum Gasteiger partial charge on any atom is 0.226 e. The summed E-state index contributed by atoms with van der Waals surface area (Å²) in [6, 6.07) is 8.18. The third kappa shape index (κ3) is 3.59. The number of piperidine rings is 1. The minimum Gasteiger partial charge on any atom is -0.342 e. The summed E-state index contributed by atoms with van der Waals surface area (Å²) in [5.41, 5.74) is 2.38. The molecule has 1 aliphatic rings. The summed E-state index contributed by atoms with van der Waals surface area (Å²) in [4.78, 5) is 14.4. The van der Waals surface area contributed by atoms with Gasteiger partial charge in [0.15, 0.2) is 0 Å². The molecule has 0 spiro atoms. The van der Waals surface area contributed by atoms with Crippen LogP contribution in [0.5, 0.6) is 0 Å². The van der Waals surface area contributed by atoms with Crippen molar-refractivity contribution in [3.63, 3.8) is 0 Å². The van der Waals surface area contributed by atoms with E-state index in [-0.39, 0.29) is 5.91 Å². The largest absolute Gasteiger partial charge is 0.342 e. The molecule has 2 heteroatoms. The molecular weight excluding hydrogens is 234 g/mol. The highest BCUT2D eigenvalue weighted by atomic mass is 16.2. The summed E-state index contributed by atoms with van der Waals surface area (Å²) >= 11 is 0. The Kier molecular flexibility index (Phi) is 4.62. The second kappa shape index (κ2) is 6.23. The molecule has 1 aromatic carbocycles. The Morgan fingerprint density at radius 1 is 1.26 bits per heavy atom. The summed E-state index contributed by atoms with van der Waals surface area (Å²) in [5.74, 6) is 1.83. The molecule has 2 nitrogen and oxygen atoms in total. The molecule has 1 fully saturated rings. The van der Waals surface area contributed by atoms with Crippen LogP contribution in [0.3, 0.4) is 0 Å². The van der Waals surface area contributed by atoms with Crippen LogP contribution in [0.1, 0.15) is 37.8 Å². The fraction of sp³-hybridized carbons (Fsp3) is 0.588. The predicted octanol–water partition coefficient (Wildman–Crippen LogP) is 3.43. The number of nitrogens with zero attached hydrogens (tertiary/aromatic N) is 1. The molecule has 2 rings (SSSR count). The number of likely N-dealkylation sites (tertiary alicyclic amines) is 1. The standard InChI is InChI=1S/C17H25NO/c1-13(2)15-8-10-18(11-9-15)17(19)12-16-7-5-4-6-14(16)3/h4-7,13,15H,8-12H2,1-3H3. The number of carbonyl (C=O) groups excluding carboxylic acids is 1. The molecule has 0 N–H and O–H groups in total. The van der Waals surface area contributed by atoms with Gasteiger partial charge in [-0.1, -0.05) is 38.1 Å². The van der Waals surface area contributed by atoms with Crippen molar-refractivity contribution < 1.29 is 4.79 Å². The molecule has 104 valence electrons. The van der Waals surface area contributed by atoms with E-state index in [9.17, 15) is 4.79 Å². The van der Waals surface area contributed by atoms with E-state index in [1.807, 2.05) is 17.0 Å².